The summed E-state index contributed by atoms with van der Waals surface area (Å²) in [4.78, 5) is 12.3. The Balaban J connectivity index is 2.30. The molecule has 3 nitrogen and oxygen atoms in total. The first-order chi connectivity index (χ1) is 6.22. The van der Waals surface area contributed by atoms with Gasteiger partial charge < -0.3 is 0 Å². The molecule has 13 heavy (non-hydrogen) atoms. The van der Waals surface area contributed by atoms with E-state index in [9.17, 15) is 4.79 Å². The molecule has 0 aromatic carbocycles. The Bertz CT molecular complexity index is 287. The third-order valence-corrected chi connectivity index (χ3v) is 3.24. The van der Waals surface area contributed by atoms with Crippen LogP contribution in [0.3, 0.4) is 0 Å². The fourth-order valence-corrected chi connectivity index (χ4v) is 2.38. The molecule has 0 fully saturated rings. The lowest BCUT2D eigenvalue weighted by atomic mass is 10.2. The maximum Gasteiger partial charge on any atom is 0.234 e. The number of rotatable bonds is 4. The molecule has 1 rings (SSSR count). The van der Waals surface area contributed by atoms with Gasteiger partial charge in [-0.25, -0.2) is 5.43 Å². The molecule has 0 bridgehead atoms. The molecule has 1 aromatic rings. The fraction of sp³-hybridized carbons (Fsp3) is 0.375. The summed E-state index contributed by atoms with van der Waals surface area (Å²) in [5.41, 5.74) is 5.13. The largest absolute Gasteiger partial charge is 0.292 e. The van der Waals surface area contributed by atoms with Crippen molar-refractivity contribution in [3.05, 3.63) is 20.8 Å². The molecular formula is C8H11BrN2OS. The number of carbonyl (C=O) groups excluding carboxylic acids is 1. The maximum atomic E-state index is 11.0. The van der Waals surface area contributed by atoms with Gasteiger partial charge in [0, 0.05) is 28.2 Å². The van der Waals surface area contributed by atoms with Gasteiger partial charge in [-0.15, -0.1) is 11.3 Å². The summed E-state index contributed by atoms with van der Waals surface area (Å²) in [6.45, 7) is 0. The SMILES string of the molecule is CNNC(=O)CCc1cc(Br)cs1. The van der Waals surface area contributed by atoms with Crippen LogP contribution in [0.5, 0.6) is 0 Å². The van der Waals surface area contributed by atoms with E-state index < -0.39 is 0 Å². The van der Waals surface area contributed by atoms with Gasteiger partial charge in [-0.1, -0.05) is 0 Å². The second-order valence-electron chi connectivity index (χ2n) is 2.53. The number of aryl methyl sites for hydroxylation is 1. The van der Waals surface area contributed by atoms with Crippen LogP contribution in [0, 0.1) is 0 Å². The van der Waals surface area contributed by atoms with E-state index in [0.29, 0.717) is 6.42 Å². The number of amides is 1. The topological polar surface area (TPSA) is 41.1 Å². The quantitative estimate of drug-likeness (QED) is 0.812. The van der Waals surface area contributed by atoms with E-state index in [1.54, 1.807) is 18.4 Å². The van der Waals surface area contributed by atoms with Gasteiger partial charge in [-0.3, -0.25) is 10.2 Å². The molecule has 0 unspecified atom stereocenters. The molecule has 0 saturated heterocycles. The van der Waals surface area contributed by atoms with Crippen LogP contribution < -0.4 is 10.9 Å². The highest BCUT2D eigenvalue weighted by molar-refractivity contribution is 9.10. The van der Waals surface area contributed by atoms with Crippen molar-refractivity contribution in [3.8, 4) is 0 Å². The lowest BCUT2D eigenvalue weighted by Crippen LogP contribution is -2.34. The molecule has 2 N–H and O–H groups in total. The number of carbonyl (C=O) groups is 1. The van der Waals surface area contributed by atoms with E-state index in [-0.39, 0.29) is 5.91 Å². The molecule has 1 aromatic heterocycles. The summed E-state index contributed by atoms with van der Waals surface area (Å²) >= 11 is 5.03. The van der Waals surface area contributed by atoms with Crippen LogP contribution in [-0.2, 0) is 11.2 Å². The van der Waals surface area contributed by atoms with E-state index in [1.807, 2.05) is 11.4 Å². The van der Waals surface area contributed by atoms with Crippen molar-refractivity contribution in [2.24, 2.45) is 0 Å². The van der Waals surface area contributed by atoms with Gasteiger partial charge in [-0.05, 0) is 28.4 Å². The van der Waals surface area contributed by atoms with Crippen molar-refractivity contribution < 1.29 is 4.79 Å². The zero-order valence-corrected chi connectivity index (χ0v) is 9.67. The maximum absolute atomic E-state index is 11.0. The standard InChI is InChI=1S/C8H11BrN2OS/c1-10-11-8(12)3-2-7-4-6(9)5-13-7/h4-5,10H,2-3H2,1H3,(H,11,12). The Labute approximate surface area is 89.6 Å². The van der Waals surface area contributed by atoms with Crippen LogP contribution in [0.25, 0.3) is 0 Å². The molecular weight excluding hydrogens is 252 g/mol. The lowest BCUT2D eigenvalue weighted by molar-refractivity contribution is -0.121. The molecule has 0 aliphatic rings. The third-order valence-electron chi connectivity index (χ3n) is 1.48. The molecule has 72 valence electrons. The third kappa shape index (κ3) is 3.89. The van der Waals surface area contributed by atoms with Gasteiger partial charge in [0.2, 0.25) is 5.91 Å². The molecule has 0 atom stereocenters. The number of halogens is 1. The molecule has 0 spiro atoms. The summed E-state index contributed by atoms with van der Waals surface area (Å²) in [7, 11) is 1.68. The predicted octanol–water partition coefficient (Wildman–Crippen LogP) is 1.69. The van der Waals surface area contributed by atoms with Crippen LogP contribution >= 0.6 is 27.3 Å². The van der Waals surface area contributed by atoms with Crippen molar-refractivity contribution in [1.29, 1.82) is 0 Å². The zero-order chi connectivity index (χ0) is 9.68. The summed E-state index contributed by atoms with van der Waals surface area (Å²) in [5.74, 6) is 0.0204. The highest BCUT2D eigenvalue weighted by Crippen LogP contribution is 2.20. The first-order valence-corrected chi connectivity index (χ1v) is 5.58. The van der Waals surface area contributed by atoms with Crippen molar-refractivity contribution in [2.75, 3.05) is 7.05 Å². The van der Waals surface area contributed by atoms with Gasteiger partial charge in [0.25, 0.3) is 0 Å². The predicted molar refractivity (Wildman–Crippen MR) is 57.5 cm³/mol. The second-order valence-corrected chi connectivity index (χ2v) is 4.44. The van der Waals surface area contributed by atoms with Gasteiger partial charge in [0.15, 0.2) is 0 Å². The number of hydrogen-bond donors (Lipinski definition) is 2. The van der Waals surface area contributed by atoms with Crippen molar-refractivity contribution in [3.63, 3.8) is 0 Å². The van der Waals surface area contributed by atoms with Crippen molar-refractivity contribution in [1.82, 2.24) is 10.9 Å². The summed E-state index contributed by atoms with van der Waals surface area (Å²) in [6, 6.07) is 2.04. The van der Waals surface area contributed by atoms with E-state index in [4.69, 9.17) is 0 Å². The molecule has 0 aliphatic carbocycles. The normalized spacial score (nSPS) is 10.0. The first kappa shape index (κ1) is 10.7. The Morgan fingerprint density at radius 3 is 3.00 bits per heavy atom. The highest BCUT2D eigenvalue weighted by Gasteiger charge is 2.02. The van der Waals surface area contributed by atoms with Crippen molar-refractivity contribution in [2.45, 2.75) is 12.8 Å². The Morgan fingerprint density at radius 1 is 1.69 bits per heavy atom. The van der Waals surface area contributed by atoms with Crippen LogP contribution in [0.2, 0.25) is 0 Å². The van der Waals surface area contributed by atoms with E-state index >= 15 is 0 Å². The van der Waals surface area contributed by atoms with Crippen LogP contribution in [0.1, 0.15) is 11.3 Å². The molecule has 1 heterocycles. The summed E-state index contributed by atoms with van der Waals surface area (Å²) < 4.78 is 1.08. The highest BCUT2D eigenvalue weighted by atomic mass is 79.9. The van der Waals surface area contributed by atoms with Gasteiger partial charge >= 0.3 is 0 Å². The van der Waals surface area contributed by atoms with Crippen LogP contribution in [0.4, 0.5) is 0 Å². The number of nitrogens with one attached hydrogen (secondary N) is 2. The molecule has 1 amide bonds. The van der Waals surface area contributed by atoms with E-state index in [2.05, 4.69) is 26.8 Å². The van der Waals surface area contributed by atoms with Gasteiger partial charge in [0.1, 0.15) is 0 Å². The second kappa shape index (κ2) is 5.36. The Hall–Kier alpha value is -0.390. The molecule has 0 radical (unpaired) electrons. The average Bonchev–Trinajstić information content (AvgIpc) is 2.49. The van der Waals surface area contributed by atoms with E-state index in [1.165, 1.54) is 4.88 Å². The Morgan fingerprint density at radius 2 is 2.46 bits per heavy atom. The van der Waals surface area contributed by atoms with Gasteiger partial charge in [0.05, 0.1) is 0 Å². The monoisotopic (exact) mass is 262 g/mol. The molecule has 0 aliphatic heterocycles. The molecule has 5 heteroatoms. The zero-order valence-electron chi connectivity index (χ0n) is 7.26. The fourth-order valence-electron chi connectivity index (χ4n) is 0.924. The first-order valence-electron chi connectivity index (χ1n) is 3.91. The number of hydrogen-bond acceptors (Lipinski definition) is 3. The summed E-state index contributed by atoms with van der Waals surface area (Å²) in [6.07, 6.45) is 1.32. The number of thiophene rings is 1. The van der Waals surface area contributed by atoms with Crippen LogP contribution in [-0.4, -0.2) is 13.0 Å². The lowest BCUT2D eigenvalue weighted by Gasteiger charge is -2.00. The molecule has 0 saturated carbocycles. The Kier molecular flexibility index (Phi) is 4.41. The number of hydrazine groups is 1. The van der Waals surface area contributed by atoms with Gasteiger partial charge in [-0.2, -0.15) is 0 Å². The minimum Gasteiger partial charge on any atom is -0.292 e. The van der Waals surface area contributed by atoms with Crippen molar-refractivity contribution >= 4 is 33.2 Å². The minimum atomic E-state index is 0.0204. The average molecular weight is 263 g/mol. The minimum absolute atomic E-state index is 0.0204. The smallest absolute Gasteiger partial charge is 0.234 e. The summed E-state index contributed by atoms with van der Waals surface area (Å²) in [5, 5.41) is 2.02. The van der Waals surface area contributed by atoms with Crippen LogP contribution in [0.15, 0.2) is 15.9 Å². The van der Waals surface area contributed by atoms with E-state index in [0.717, 1.165) is 10.9 Å².